The summed E-state index contributed by atoms with van der Waals surface area (Å²) in [5.74, 6) is -0.177. The highest BCUT2D eigenvalue weighted by Gasteiger charge is 2.27. The molecule has 4 rings (SSSR count). The Morgan fingerprint density at radius 1 is 1.18 bits per heavy atom. The number of hydrogen-bond donors (Lipinski definition) is 1. The maximum absolute atomic E-state index is 14.0. The molecule has 1 N–H and O–H groups in total. The minimum atomic E-state index is -0.298. The molecule has 0 saturated carbocycles. The van der Waals surface area contributed by atoms with Gasteiger partial charge in [-0.3, -0.25) is 0 Å². The summed E-state index contributed by atoms with van der Waals surface area (Å²) in [6.45, 7) is 3.31. The standard InChI is InChI=1S/C21H21FN4OS/c1-14-8-10-16(11-9-14)23-21(27)26-12-4-5-15(13-26)19-24-25-20(28-19)17-6-2-3-7-18(17)22/h2-3,6-11,15H,4-5,12-13H2,1H3,(H,23,27). The molecule has 28 heavy (non-hydrogen) atoms. The number of carbonyl (C=O) groups excluding carboxylic acids is 1. The normalized spacial score (nSPS) is 16.8. The van der Waals surface area contributed by atoms with Gasteiger partial charge in [-0.15, -0.1) is 10.2 Å². The van der Waals surface area contributed by atoms with Gasteiger partial charge in [-0.1, -0.05) is 41.2 Å². The second kappa shape index (κ2) is 8.06. The minimum Gasteiger partial charge on any atom is -0.324 e. The number of amides is 2. The van der Waals surface area contributed by atoms with E-state index in [1.165, 1.54) is 17.4 Å². The number of nitrogens with one attached hydrogen (secondary N) is 1. The van der Waals surface area contributed by atoms with Crippen LogP contribution >= 0.6 is 11.3 Å². The monoisotopic (exact) mass is 396 g/mol. The summed E-state index contributed by atoms with van der Waals surface area (Å²) in [5.41, 5.74) is 2.41. The van der Waals surface area contributed by atoms with E-state index in [9.17, 15) is 9.18 Å². The minimum absolute atomic E-state index is 0.104. The van der Waals surface area contributed by atoms with Crippen molar-refractivity contribution in [3.63, 3.8) is 0 Å². The fourth-order valence-corrected chi connectivity index (χ4v) is 4.34. The van der Waals surface area contributed by atoms with Crippen LogP contribution in [0.25, 0.3) is 10.6 Å². The maximum Gasteiger partial charge on any atom is 0.321 e. The predicted octanol–water partition coefficient (Wildman–Crippen LogP) is 5.06. The molecule has 0 bridgehead atoms. The third kappa shape index (κ3) is 4.04. The average Bonchev–Trinajstić information content (AvgIpc) is 3.20. The van der Waals surface area contributed by atoms with Crippen LogP contribution in [0.1, 0.15) is 29.3 Å². The zero-order chi connectivity index (χ0) is 19.5. The second-order valence-electron chi connectivity index (χ2n) is 7.01. The summed E-state index contributed by atoms with van der Waals surface area (Å²) in [6, 6.07) is 14.2. The van der Waals surface area contributed by atoms with Gasteiger partial charge in [0.2, 0.25) is 0 Å². The van der Waals surface area contributed by atoms with E-state index in [2.05, 4.69) is 15.5 Å². The first-order valence-electron chi connectivity index (χ1n) is 9.31. The van der Waals surface area contributed by atoms with Crippen molar-refractivity contribution in [3.05, 3.63) is 64.9 Å². The lowest BCUT2D eigenvalue weighted by molar-refractivity contribution is 0.192. The molecule has 5 nitrogen and oxygen atoms in total. The molecule has 2 aromatic carbocycles. The number of hydrogen-bond acceptors (Lipinski definition) is 4. The van der Waals surface area contributed by atoms with Crippen molar-refractivity contribution >= 4 is 23.1 Å². The lowest BCUT2D eigenvalue weighted by Crippen LogP contribution is -2.41. The molecule has 1 saturated heterocycles. The first kappa shape index (κ1) is 18.6. The number of anilines is 1. The molecule has 1 unspecified atom stereocenters. The third-order valence-electron chi connectivity index (χ3n) is 4.91. The molecule has 144 valence electrons. The van der Waals surface area contributed by atoms with E-state index < -0.39 is 0 Å². The zero-order valence-corrected chi connectivity index (χ0v) is 16.4. The van der Waals surface area contributed by atoms with E-state index in [1.807, 2.05) is 36.1 Å². The lowest BCUT2D eigenvalue weighted by Gasteiger charge is -2.31. The number of benzene rings is 2. The van der Waals surface area contributed by atoms with Gasteiger partial charge in [0.05, 0.1) is 0 Å². The van der Waals surface area contributed by atoms with Gasteiger partial charge in [0.15, 0.2) is 5.01 Å². The highest BCUT2D eigenvalue weighted by Crippen LogP contribution is 2.33. The van der Waals surface area contributed by atoms with Crippen LogP contribution in [0.4, 0.5) is 14.9 Å². The van der Waals surface area contributed by atoms with Crippen molar-refractivity contribution in [1.29, 1.82) is 0 Å². The third-order valence-corrected chi connectivity index (χ3v) is 6.02. The molecule has 7 heteroatoms. The zero-order valence-electron chi connectivity index (χ0n) is 15.6. The smallest absolute Gasteiger partial charge is 0.321 e. The largest absolute Gasteiger partial charge is 0.324 e. The van der Waals surface area contributed by atoms with Gasteiger partial charge in [0.25, 0.3) is 0 Å². The summed E-state index contributed by atoms with van der Waals surface area (Å²) < 4.78 is 14.0. The van der Waals surface area contributed by atoms with Crippen molar-refractivity contribution in [2.24, 2.45) is 0 Å². The second-order valence-corrected chi connectivity index (χ2v) is 8.02. The van der Waals surface area contributed by atoms with Crippen molar-refractivity contribution in [1.82, 2.24) is 15.1 Å². The Hall–Kier alpha value is -2.80. The summed E-state index contributed by atoms with van der Waals surface area (Å²) in [5, 5.41) is 12.9. The van der Waals surface area contributed by atoms with Gasteiger partial charge >= 0.3 is 6.03 Å². The molecular formula is C21H21FN4OS. The van der Waals surface area contributed by atoms with Gasteiger partial charge in [0.1, 0.15) is 10.8 Å². The Labute approximate surface area is 167 Å². The van der Waals surface area contributed by atoms with E-state index in [4.69, 9.17) is 0 Å². The molecule has 2 heterocycles. The molecule has 1 fully saturated rings. The Morgan fingerprint density at radius 2 is 1.96 bits per heavy atom. The Kier molecular flexibility index (Phi) is 5.34. The molecule has 1 atom stereocenters. The van der Waals surface area contributed by atoms with Crippen LogP contribution < -0.4 is 5.32 Å². The number of halogens is 1. The number of likely N-dealkylation sites (tertiary alicyclic amines) is 1. The molecular weight excluding hydrogens is 375 g/mol. The van der Waals surface area contributed by atoms with E-state index in [0.717, 1.165) is 29.1 Å². The highest BCUT2D eigenvalue weighted by atomic mass is 32.1. The van der Waals surface area contributed by atoms with E-state index in [1.54, 1.807) is 18.2 Å². The van der Waals surface area contributed by atoms with Crippen molar-refractivity contribution in [3.8, 4) is 10.6 Å². The first-order valence-corrected chi connectivity index (χ1v) is 10.1. The van der Waals surface area contributed by atoms with Crippen LogP contribution in [0.5, 0.6) is 0 Å². The van der Waals surface area contributed by atoms with Crippen molar-refractivity contribution in [2.45, 2.75) is 25.7 Å². The number of aryl methyl sites for hydroxylation is 1. The number of nitrogens with zero attached hydrogens (tertiary/aromatic N) is 3. The number of piperidine rings is 1. The lowest BCUT2D eigenvalue weighted by atomic mass is 9.99. The van der Waals surface area contributed by atoms with E-state index >= 15 is 0 Å². The molecule has 0 aliphatic carbocycles. The van der Waals surface area contributed by atoms with Crippen molar-refractivity contribution in [2.75, 3.05) is 18.4 Å². The highest BCUT2D eigenvalue weighted by molar-refractivity contribution is 7.14. The molecule has 1 aliphatic rings. The van der Waals surface area contributed by atoms with Crippen LogP contribution in [0, 0.1) is 12.7 Å². The summed E-state index contributed by atoms with van der Waals surface area (Å²) >= 11 is 1.41. The molecule has 3 aromatic rings. The Balaban J connectivity index is 1.44. The van der Waals surface area contributed by atoms with E-state index in [-0.39, 0.29) is 17.8 Å². The van der Waals surface area contributed by atoms with Crippen LogP contribution in [-0.2, 0) is 0 Å². The van der Waals surface area contributed by atoms with Gasteiger partial charge in [-0.05, 0) is 44.0 Å². The van der Waals surface area contributed by atoms with Gasteiger partial charge < -0.3 is 10.2 Å². The van der Waals surface area contributed by atoms with E-state index in [0.29, 0.717) is 23.7 Å². The van der Waals surface area contributed by atoms with Gasteiger partial charge in [0, 0.05) is 30.3 Å². The SMILES string of the molecule is Cc1ccc(NC(=O)N2CCCC(c3nnc(-c4ccccc4F)s3)C2)cc1. The summed E-state index contributed by atoms with van der Waals surface area (Å²) in [7, 11) is 0. The van der Waals surface area contributed by atoms with Gasteiger partial charge in [-0.25, -0.2) is 9.18 Å². The fourth-order valence-electron chi connectivity index (χ4n) is 3.35. The predicted molar refractivity (Wildman–Crippen MR) is 109 cm³/mol. The summed E-state index contributed by atoms with van der Waals surface area (Å²) in [6.07, 6.45) is 1.85. The fraction of sp³-hybridized carbons (Fsp3) is 0.286. The molecule has 0 spiro atoms. The number of aromatic nitrogens is 2. The van der Waals surface area contributed by atoms with Crippen LogP contribution in [0.15, 0.2) is 48.5 Å². The van der Waals surface area contributed by atoms with Crippen LogP contribution in [0.2, 0.25) is 0 Å². The quantitative estimate of drug-likeness (QED) is 0.673. The number of carbonyl (C=O) groups is 1. The van der Waals surface area contributed by atoms with Gasteiger partial charge in [-0.2, -0.15) is 0 Å². The molecule has 0 radical (unpaired) electrons. The Bertz CT molecular complexity index is 973. The van der Waals surface area contributed by atoms with Crippen molar-refractivity contribution < 1.29 is 9.18 Å². The molecule has 1 aliphatic heterocycles. The number of urea groups is 1. The number of rotatable bonds is 3. The molecule has 2 amide bonds. The molecule has 1 aromatic heterocycles. The van der Waals surface area contributed by atoms with Crippen LogP contribution in [0.3, 0.4) is 0 Å². The topological polar surface area (TPSA) is 58.1 Å². The van der Waals surface area contributed by atoms with Crippen LogP contribution in [-0.4, -0.2) is 34.2 Å². The summed E-state index contributed by atoms with van der Waals surface area (Å²) in [4.78, 5) is 14.5. The maximum atomic E-state index is 14.0. The first-order chi connectivity index (χ1) is 13.6. The Morgan fingerprint density at radius 3 is 2.75 bits per heavy atom. The average molecular weight is 396 g/mol.